The third-order valence-electron chi connectivity index (χ3n) is 2.88. The molecule has 1 aromatic heterocycles. The fraction of sp³-hybridized carbons (Fsp3) is 0.533. The van der Waals surface area contributed by atoms with Gasteiger partial charge in [0.15, 0.2) is 0 Å². The maximum atomic E-state index is 4.14. The number of hydrogen-bond acceptors (Lipinski definition) is 4. The number of para-hydroxylation sites is 1. The lowest BCUT2D eigenvalue weighted by Crippen LogP contribution is -1.99. The first-order chi connectivity index (χ1) is 9.38. The van der Waals surface area contributed by atoms with Crippen molar-refractivity contribution in [2.75, 3.05) is 6.54 Å². The van der Waals surface area contributed by atoms with Gasteiger partial charge in [0.05, 0.1) is 15.7 Å². The van der Waals surface area contributed by atoms with Crippen LogP contribution >= 0.6 is 24.2 Å². The first-order valence-electron chi connectivity index (χ1n) is 7.03. The Morgan fingerprint density at radius 2 is 1.84 bits per heavy atom. The Kier molecular flexibility index (Phi) is 9.77. The number of nitrogens with one attached hydrogen (secondary N) is 1. The van der Waals surface area contributed by atoms with Gasteiger partial charge in [-0.2, -0.15) is 0 Å². The Balaban J connectivity index is 0.000000190. The van der Waals surface area contributed by atoms with Crippen LogP contribution in [0.1, 0.15) is 45.4 Å². The van der Waals surface area contributed by atoms with E-state index in [-0.39, 0.29) is 0 Å². The molecule has 0 aliphatic carbocycles. The summed E-state index contributed by atoms with van der Waals surface area (Å²) in [6.45, 7) is 3.30. The number of benzene rings is 1. The van der Waals surface area contributed by atoms with Gasteiger partial charge in [0, 0.05) is 6.54 Å². The summed E-state index contributed by atoms with van der Waals surface area (Å²) in [5, 5.41) is 0. The van der Waals surface area contributed by atoms with Crippen LogP contribution in [-0.2, 0) is 0 Å². The summed E-state index contributed by atoms with van der Waals surface area (Å²) < 4.78 is 4.11. The number of unbranched alkanes of at least 4 members (excludes halogenated alkanes) is 5. The minimum Gasteiger partial charge on any atom is -0.267 e. The fourth-order valence-corrected chi connectivity index (χ4v) is 2.62. The molecule has 0 aliphatic heterocycles. The Hall–Kier alpha value is -0.580. The molecule has 0 radical (unpaired) electrons. The SMILES string of the molecule is CCCCCCCCNS.c1ccc2scnc2c1. The van der Waals surface area contributed by atoms with Gasteiger partial charge in [-0.1, -0.05) is 64.0 Å². The second-order valence-electron chi connectivity index (χ2n) is 4.50. The summed E-state index contributed by atoms with van der Waals surface area (Å²) in [7, 11) is 0. The molecule has 0 aliphatic rings. The predicted molar refractivity (Wildman–Crippen MR) is 90.0 cm³/mol. The molecule has 0 bridgehead atoms. The molecule has 0 fully saturated rings. The normalized spacial score (nSPS) is 10.2. The average molecular weight is 297 g/mol. The van der Waals surface area contributed by atoms with Crippen LogP contribution in [0.3, 0.4) is 0 Å². The fourth-order valence-electron chi connectivity index (χ4n) is 1.79. The highest BCUT2D eigenvalue weighted by Gasteiger charge is 1.89. The minimum absolute atomic E-state index is 1.05. The molecule has 1 aromatic carbocycles. The number of rotatable bonds is 7. The van der Waals surface area contributed by atoms with Gasteiger partial charge in [-0.15, -0.1) is 11.3 Å². The number of thiol groups is 1. The van der Waals surface area contributed by atoms with Crippen LogP contribution < -0.4 is 4.72 Å². The molecule has 106 valence electrons. The molecule has 1 heterocycles. The summed E-state index contributed by atoms with van der Waals surface area (Å²) in [4.78, 5) is 4.14. The van der Waals surface area contributed by atoms with Crippen molar-refractivity contribution in [3.63, 3.8) is 0 Å². The highest BCUT2D eigenvalue weighted by atomic mass is 32.1. The lowest BCUT2D eigenvalue weighted by Gasteiger charge is -1.98. The van der Waals surface area contributed by atoms with Gasteiger partial charge in [-0.25, -0.2) is 4.98 Å². The molecule has 0 amide bonds. The van der Waals surface area contributed by atoms with Crippen molar-refractivity contribution in [1.29, 1.82) is 0 Å². The maximum Gasteiger partial charge on any atom is 0.0812 e. The van der Waals surface area contributed by atoms with Gasteiger partial charge in [0.25, 0.3) is 0 Å². The van der Waals surface area contributed by atoms with E-state index in [1.165, 1.54) is 43.2 Å². The number of thiazole rings is 1. The van der Waals surface area contributed by atoms with Crippen molar-refractivity contribution in [3.05, 3.63) is 29.8 Å². The molecular formula is C15H24N2S2. The summed E-state index contributed by atoms with van der Waals surface area (Å²) in [5.41, 5.74) is 2.97. The van der Waals surface area contributed by atoms with E-state index in [2.05, 4.69) is 35.5 Å². The second-order valence-corrected chi connectivity index (χ2v) is 5.70. The number of nitrogens with zero attached hydrogens (tertiary/aromatic N) is 1. The van der Waals surface area contributed by atoms with E-state index >= 15 is 0 Å². The smallest absolute Gasteiger partial charge is 0.0812 e. The second kappa shape index (κ2) is 11.3. The van der Waals surface area contributed by atoms with E-state index < -0.39 is 0 Å². The van der Waals surface area contributed by atoms with E-state index in [1.54, 1.807) is 11.3 Å². The van der Waals surface area contributed by atoms with Gasteiger partial charge >= 0.3 is 0 Å². The van der Waals surface area contributed by atoms with Gasteiger partial charge in [-0.05, 0) is 18.6 Å². The van der Waals surface area contributed by atoms with Crippen LogP contribution in [-0.4, -0.2) is 11.5 Å². The third kappa shape index (κ3) is 7.55. The van der Waals surface area contributed by atoms with Crippen LogP contribution in [0.4, 0.5) is 0 Å². The van der Waals surface area contributed by atoms with E-state index in [1.807, 2.05) is 23.7 Å². The van der Waals surface area contributed by atoms with E-state index in [9.17, 15) is 0 Å². The molecule has 2 rings (SSSR count). The zero-order chi connectivity index (χ0) is 13.8. The van der Waals surface area contributed by atoms with Crippen molar-refractivity contribution in [1.82, 2.24) is 9.71 Å². The molecular weight excluding hydrogens is 272 g/mol. The first kappa shape index (κ1) is 16.5. The standard InChI is InChI=1S/C8H19NS.C7H5NS/c1-2-3-4-5-6-7-8-9-10;1-2-4-7-6(3-1)8-5-9-7/h9-10H,2-8H2,1H3;1-5H. The van der Waals surface area contributed by atoms with Crippen molar-refractivity contribution in [2.24, 2.45) is 0 Å². The largest absolute Gasteiger partial charge is 0.267 e. The van der Waals surface area contributed by atoms with Gasteiger partial charge < -0.3 is 0 Å². The van der Waals surface area contributed by atoms with E-state index in [0.717, 1.165) is 12.1 Å². The van der Waals surface area contributed by atoms with E-state index in [0.29, 0.717) is 0 Å². The zero-order valence-corrected chi connectivity index (χ0v) is 13.4. The molecule has 0 atom stereocenters. The lowest BCUT2D eigenvalue weighted by molar-refractivity contribution is 0.607. The molecule has 0 saturated heterocycles. The van der Waals surface area contributed by atoms with Gasteiger partial charge in [-0.3, -0.25) is 4.72 Å². The van der Waals surface area contributed by atoms with Crippen LogP contribution in [0, 0.1) is 0 Å². The van der Waals surface area contributed by atoms with Gasteiger partial charge in [0.2, 0.25) is 0 Å². The van der Waals surface area contributed by atoms with Crippen LogP contribution in [0.2, 0.25) is 0 Å². The summed E-state index contributed by atoms with van der Waals surface area (Å²) in [6, 6.07) is 8.13. The molecule has 0 unspecified atom stereocenters. The van der Waals surface area contributed by atoms with Crippen LogP contribution in [0.15, 0.2) is 29.8 Å². The first-order valence-corrected chi connectivity index (χ1v) is 8.36. The third-order valence-corrected chi connectivity index (χ3v) is 3.91. The number of fused-ring (bicyclic) bond motifs is 1. The molecule has 2 aromatic rings. The van der Waals surface area contributed by atoms with Crippen LogP contribution in [0.5, 0.6) is 0 Å². The molecule has 0 spiro atoms. The topological polar surface area (TPSA) is 24.9 Å². The summed E-state index contributed by atoms with van der Waals surface area (Å²) in [5.74, 6) is 0. The predicted octanol–water partition coefficient (Wildman–Crippen LogP) is 5.08. The Labute approximate surface area is 126 Å². The maximum absolute atomic E-state index is 4.14. The molecule has 1 N–H and O–H groups in total. The van der Waals surface area contributed by atoms with Crippen molar-refractivity contribution in [3.8, 4) is 0 Å². The van der Waals surface area contributed by atoms with Crippen molar-refractivity contribution < 1.29 is 0 Å². The molecule has 2 nitrogen and oxygen atoms in total. The zero-order valence-electron chi connectivity index (χ0n) is 11.6. The van der Waals surface area contributed by atoms with Crippen LogP contribution in [0.25, 0.3) is 10.2 Å². The Bertz CT molecular complexity index is 391. The molecule has 4 heteroatoms. The Morgan fingerprint density at radius 1 is 1.11 bits per heavy atom. The van der Waals surface area contributed by atoms with E-state index in [4.69, 9.17) is 0 Å². The summed E-state index contributed by atoms with van der Waals surface area (Å²) >= 11 is 5.59. The van der Waals surface area contributed by atoms with Crippen molar-refractivity contribution >= 4 is 34.4 Å². The summed E-state index contributed by atoms with van der Waals surface area (Å²) in [6.07, 6.45) is 8.16. The molecule has 19 heavy (non-hydrogen) atoms. The van der Waals surface area contributed by atoms with Gasteiger partial charge in [0.1, 0.15) is 0 Å². The van der Waals surface area contributed by atoms with Crippen molar-refractivity contribution in [2.45, 2.75) is 45.4 Å². The lowest BCUT2D eigenvalue weighted by atomic mass is 10.1. The number of aromatic nitrogens is 1. The Morgan fingerprint density at radius 3 is 2.58 bits per heavy atom. The monoisotopic (exact) mass is 296 g/mol. The minimum atomic E-state index is 1.05. The average Bonchev–Trinajstić information content (AvgIpc) is 2.92. The quantitative estimate of drug-likeness (QED) is 0.550. The molecule has 0 saturated carbocycles. The highest BCUT2D eigenvalue weighted by Crippen LogP contribution is 2.15. The highest BCUT2D eigenvalue weighted by molar-refractivity contribution is 7.78. The number of hydrogen-bond donors (Lipinski definition) is 2.